The molecule has 7 nitrogen and oxygen atoms in total. The van der Waals surface area contributed by atoms with Crippen LogP contribution in [0.2, 0.25) is 0 Å². The van der Waals surface area contributed by atoms with Gasteiger partial charge in [-0.05, 0) is 67.0 Å². The molecule has 0 radical (unpaired) electrons. The molecule has 0 bridgehead atoms. The van der Waals surface area contributed by atoms with Crippen LogP contribution in [0.1, 0.15) is 49.8 Å². The summed E-state index contributed by atoms with van der Waals surface area (Å²) in [6, 6.07) is 9.10. The minimum atomic E-state index is -4.58. The smallest absolute Gasteiger partial charge is 0.379 e. The van der Waals surface area contributed by atoms with E-state index in [1.807, 2.05) is 18.2 Å². The fraction of sp³-hybridized carbons (Fsp3) is 0.552. The van der Waals surface area contributed by atoms with Gasteiger partial charge in [0.25, 0.3) is 0 Å². The van der Waals surface area contributed by atoms with Gasteiger partial charge in [0.2, 0.25) is 0 Å². The molecule has 6 rings (SSSR count). The van der Waals surface area contributed by atoms with Crippen molar-refractivity contribution in [2.75, 3.05) is 32.8 Å². The molecular weight excluding hydrogens is 507 g/mol. The number of aromatic nitrogens is 2. The van der Waals surface area contributed by atoms with Gasteiger partial charge in [0, 0.05) is 43.5 Å². The van der Waals surface area contributed by atoms with Gasteiger partial charge in [-0.25, -0.2) is 4.79 Å². The third-order valence-electron chi connectivity index (χ3n) is 8.78. The molecule has 0 amide bonds. The topological polar surface area (TPSA) is 62.9 Å². The number of benzene rings is 1. The Morgan fingerprint density at radius 1 is 1.15 bits per heavy atom. The summed E-state index contributed by atoms with van der Waals surface area (Å²) in [5.41, 5.74) is 7.03. The van der Waals surface area contributed by atoms with Crippen molar-refractivity contribution in [1.29, 1.82) is 0 Å². The Balaban J connectivity index is 1.37. The molecule has 0 saturated carbocycles. The Hall–Kier alpha value is -2.66. The summed E-state index contributed by atoms with van der Waals surface area (Å²) >= 11 is 0. The van der Waals surface area contributed by atoms with Crippen molar-refractivity contribution in [2.24, 2.45) is 11.8 Å². The van der Waals surface area contributed by atoms with E-state index in [-0.39, 0.29) is 17.0 Å². The molecule has 210 valence electrons. The molecule has 3 aliphatic heterocycles. The van der Waals surface area contributed by atoms with Crippen molar-refractivity contribution in [2.45, 2.75) is 57.3 Å². The third kappa shape index (κ3) is 5.03. The number of halogens is 3. The molecule has 5 heterocycles. The van der Waals surface area contributed by atoms with Crippen molar-refractivity contribution in [1.82, 2.24) is 24.7 Å². The van der Waals surface area contributed by atoms with Gasteiger partial charge in [0.15, 0.2) is 0 Å². The number of pyridine rings is 1. The number of ether oxygens (including phenoxy) is 1. The first kappa shape index (κ1) is 26.6. The van der Waals surface area contributed by atoms with Gasteiger partial charge in [-0.1, -0.05) is 26.0 Å². The second-order valence-corrected chi connectivity index (χ2v) is 11.9. The van der Waals surface area contributed by atoms with Crippen LogP contribution in [0.25, 0.3) is 11.2 Å². The normalized spacial score (nSPS) is 25.7. The third-order valence-corrected chi connectivity index (χ3v) is 8.78. The number of imidazole rings is 1. The number of hydrogen-bond donors (Lipinski definition) is 2. The molecule has 39 heavy (non-hydrogen) atoms. The fourth-order valence-electron chi connectivity index (χ4n) is 6.48. The van der Waals surface area contributed by atoms with Gasteiger partial charge < -0.3 is 4.74 Å². The van der Waals surface area contributed by atoms with Crippen LogP contribution in [0.5, 0.6) is 0 Å². The Kier molecular flexibility index (Phi) is 6.86. The Labute approximate surface area is 225 Å². The van der Waals surface area contributed by atoms with E-state index < -0.39 is 17.4 Å². The maximum Gasteiger partial charge on any atom is 0.418 e. The molecule has 3 atom stereocenters. The molecule has 0 aliphatic carbocycles. The molecule has 0 spiro atoms. The SMILES string of the molecule is CC1CNNC1CC1(c2cccc(-n3cc4c(C(F)(F)F)cc(CN5CCC[C@H](C)C5)cn4c3=O)c2)COC1. The van der Waals surface area contributed by atoms with Crippen molar-refractivity contribution < 1.29 is 17.9 Å². The molecule has 10 heteroatoms. The predicted molar refractivity (Wildman–Crippen MR) is 143 cm³/mol. The number of likely N-dealkylation sites (tertiary alicyclic amines) is 1. The maximum atomic E-state index is 14.2. The lowest BCUT2D eigenvalue weighted by Crippen LogP contribution is -2.51. The van der Waals surface area contributed by atoms with Crippen LogP contribution in [0.4, 0.5) is 13.2 Å². The number of piperidine rings is 1. The predicted octanol–water partition coefficient (Wildman–Crippen LogP) is 4.11. The fourth-order valence-corrected chi connectivity index (χ4v) is 6.48. The lowest BCUT2D eigenvalue weighted by molar-refractivity contribution is -0.136. The number of nitrogens with one attached hydrogen (secondary N) is 2. The monoisotopic (exact) mass is 543 g/mol. The van der Waals surface area contributed by atoms with Gasteiger partial charge >= 0.3 is 11.9 Å². The second-order valence-electron chi connectivity index (χ2n) is 11.9. The van der Waals surface area contributed by atoms with Gasteiger partial charge in [-0.2, -0.15) is 13.2 Å². The van der Waals surface area contributed by atoms with Gasteiger partial charge in [-0.3, -0.25) is 24.7 Å². The molecule has 2 N–H and O–H groups in total. The highest BCUT2D eigenvalue weighted by Crippen LogP contribution is 2.39. The number of fused-ring (bicyclic) bond motifs is 1. The number of nitrogens with zero attached hydrogens (tertiary/aromatic N) is 3. The average Bonchev–Trinajstić information content (AvgIpc) is 3.43. The summed E-state index contributed by atoms with van der Waals surface area (Å²) < 4.78 is 50.8. The number of rotatable bonds is 6. The summed E-state index contributed by atoms with van der Waals surface area (Å²) in [4.78, 5) is 15.8. The molecular formula is C29H36F3N5O2. The number of hydrogen-bond acceptors (Lipinski definition) is 5. The van der Waals surface area contributed by atoms with Gasteiger partial charge in [0.05, 0.1) is 30.0 Å². The minimum absolute atomic E-state index is 0.134. The van der Waals surface area contributed by atoms with Gasteiger partial charge in [-0.15, -0.1) is 0 Å². The van der Waals surface area contributed by atoms with Gasteiger partial charge in [0.1, 0.15) is 0 Å². The molecule has 2 unspecified atom stereocenters. The van der Waals surface area contributed by atoms with E-state index in [0.29, 0.717) is 42.8 Å². The van der Waals surface area contributed by atoms with Crippen molar-refractivity contribution in [3.63, 3.8) is 0 Å². The van der Waals surface area contributed by atoms with Crippen LogP contribution in [-0.4, -0.2) is 52.8 Å². The standard InChI is InChI=1S/C29H36F3N5O2/c1-19-5-4-8-35(13-19)14-21-9-24(29(30,31)32)26-16-36(27(38)37(26)15-21)23-7-3-6-22(10-23)28(17-39-18-28)11-25-20(2)12-33-34-25/h3,6-7,9-10,15-16,19-20,25,33-34H,4-5,8,11-14,17-18H2,1-2H3/t19-,20?,25?/m0/s1. The Bertz CT molecular complexity index is 1410. The lowest BCUT2D eigenvalue weighted by atomic mass is 9.72. The number of alkyl halides is 3. The molecule has 3 aromatic rings. The molecule has 3 fully saturated rings. The summed E-state index contributed by atoms with van der Waals surface area (Å²) in [6.07, 6.45) is 1.35. The molecule has 3 saturated heterocycles. The van der Waals surface area contributed by atoms with E-state index >= 15 is 0 Å². The zero-order valence-electron chi connectivity index (χ0n) is 22.4. The Morgan fingerprint density at radius 2 is 1.97 bits per heavy atom. The first-order chi connectivity index (χ1) is 18.6. The summed E-state index contributed by atoms with van der Waals surface area (Å²) in [6.45, 7) is 8.50. The van der Waals surface area contributed by atoms with Crippen LogP contribution in [-0.2, 0) is 22.9 Å². The van der Waals surface area contributed by atoms with E-state index in [9.17, 15) is 18.0 Å². The maximum absolute atomic E-state index is 14.2. The van der Waals surface area contributed by atoms with Crippen LogP contribution in [0.15, 0.2) is 47.5 Å². The molecule has 2 aromatic heterocycles. The largest absolute Gasteiger partial charge is 0.418 e. The molecule has 1 aromatic carbocycles. The number of hydrazine groups is 1. The van der Waals surface area contributed by atoms with E-state index in [2.05, 4.69) is 29.6 Å². The zero-order chi connectivity index (χ0) is 27.4. The van der Waals surface area contributed by atoms with Crippen LogP contribution in [0, 0.1) is 11.8 Å². The van der Waals surface area contributed by atoms with Crippen LogP contribution >= 0.6 is 0 Å². The van der Waals surface area contributed by atoms with Crippen molar-refractivity contribution in [3.05, 3.63) is 69.9 Å². The summed E-state index contributed by atoms with van der Waals surface area (Å²) in [7, 11) is 0. The van der Waals surface area contributed by atoms with E-state index in [0.717, 1.165) is 48.9 Å². The summed E-state index contributed by atoms with van der Waals surface area (Å²) in [5, 5.41) is 0. The van der Waals surface area contributed by atoms with E-state index in [4.69, 9.17) is 4.74 Å². The second kappa shape index (κ2) is 10.1. The van der Waals surface area contributed by atoms with E-state index in [1.54, 1.807) is 12.3 Å². The first-order valence-corrected chi connectivity index (χ1v) is 13.9. The minimum Gasteiger partial charge on any atom is -0.379 e. The summed E-state index contributed by atoms with van der Waals surface area (Å²) in [5.74, 6) is 0.974. The van der Waals surface area contributed by atoms with Crippen molar-refractivity contribution in [3.8, 4) is 5.69 Å². The van der Waals surface area contributed by atoms with Crippen LogP contribution in [0.3, 0.4) is 0 Å². The highest BCUT2D eigenvalue weighted by molar-refractivity contribution is 5.58. The zero-order valence-corrected chi connectivity index (χ0v) is 22.4. The lowest BCUT2D eigenvalue weighted by Gasteiger charge is -2.44. The van der Waals surface area contributed by atoms with Crippen molar-refractivity contribution >= 4 is 5.52 Å². The average molecular weight is 544 g/mol. The van der Waals surface area contributed by atoms with E-state index in [1.165, 1.54) is 16.8 Å². The quantitative estimate of drug-likeness (QED) is 0.490. The van der Waals surface area contributed by atoms with Crippen LogP contribution < -0.4 is 16.5 Å². The molecule has 3 aliphatic rings. The Morgan fingerprint density at radius 3 is 2.64 bits per heavy atom. The highest BCUT2D eigenvalue weighted by Gasteiger charge is 2.44. The first-order valence-electron chi connectivity index (χ1n) is 13.9. The highest BCUT2D eigenvalue weighted by atomic mass is 19.4.